The molecule has 0 aromatic rings. The zero-order chi connectivity index (χ0) is 13.4. The van der Waals surface area contributed by atoms with E-state index in [0.717, 1.165) is 13.1 Å². The normalized spacial score (nSPS) is 40.8. The van der Waals surface area contributed by atoms with Gasteiger partial charge in [0.05, 0.1) is 0 Å². The van der Waals surface area contributed by atoms with Crippen LogP contribution in [0, 0.1) is 0 Å². The molecule has 3 rings (SSSR count). The average molecular weight is 291 g/mol. The monoisotopic (exact) mass is 291 g/mol. The van der Waals surface area contributed by atoms with E-state index in [9.17, 15) is 0 Å². The first-order chi connectivity index (χ1) is 9.09. The van der Waals surface area contributed by atoms with Crippen molar-refractivity contribution >= 4 is 7.51 Å². The molecule has 0 aromatic heterocycles. The van der Waals surface area contributed by atoms with Crippen LogP contribution in [0.2, 0.25) is 0 Å². The fourth-order valence-corrected chi connectivity index (χ4v) is 7.30. The Hall–Kier alpha value is 0.230. The van der Waals surface area contributed by atoms with Crippen LogP contribution in [0.4, 0.5) is 0 Å². The molecule has 0 amide bonds. The van der Waals surface area contributed by atoms with Gasteiger partial charge >= 0.3 is 115 Å². The summed E-state index contributed by atoms with van der Waals surface area (Å²) in [5.41, 5.74) is 0. The molecule has 0 aromatic carbocycles. The third kappa shape index (κ3) is 2.82. The number of rotatable bonds is 2. The van der Waals surface area contributed by atoms with Gasteiger partial charge in [-0.2, -0.15) is 0 Å². The predicted molar refractivity (Wildman–Crippen MR) is 74.8 cm³/mol. The van der Waals surface area contributed by atoms with Crippen LogP contribution in [0.3, 0.4) is 0 Å². The zero-order valence-corrected chi connectivity index (χ0v) is 12.9. The summed E-state index contributed by atoms with van der Waals surface area (Å²) in [6.45, 7) is 7.41. The molecule has 3 aliphatic rings. The van der Waals surface area contributed by atoms with E-state index in [-0.39, 0.29) is 12.2 Å². The third-order valence-electron chi connectivity index (χ3n) is 4.01. The molecule has 112 valence electrons. The Morgan fingerprint density at radius 3 is 1.84 bits per heavy atom. The van der Waals surface area contributed by atoms with E-state index in [1.807, 2.05) is 13.8 Å². The Balaban J connectivity index is 1.76. The molecule has 3 fully saturated rings. The third-order valence-corrected chi connectivity index (χ3v) is 7.71. The van der Waals surface area contributed by atoms with Gasteiger partial charge in [-0.25, -0.2) is 0 Å². The van der Waals surface area contributed by atoms with Gasteiger partial charge in [0.15, 0.2) is 0 Å². The van der Waals surface area contributed by atoms with Gasteiger partial charge < -0.3 is 0 Å². The van der Waals surface area contributed by atoms with Crippen molar-refractivity contribution in [2.45, 2.75) is 51.7 Å². The number of hydrogen-bond acceptors (Lipinski definition) is 5. The van der Waals surface area contributed by atoms with E-state index in [2.05, 4.69) is 4.90 Å². The summed E-state index contributed by atoms with van der Waals surface area (Å²) in [6, 6.07) is 0. The van der Waals surface area contributed by atoms with E-state index in [1.165, 1.54) is 25.7 Å². The molecule has 2 atom stereocenters. The first kappa shape index (κ1) is 14.2. The fraction of sp³-hybridized carbons (Fsp3) is 1.00. The molecule has 1 spiro atoms. The maximum absolute atomic E-state index is 6.13. The number of likely N-dealkylation sites (tertiary alicyclic amines) is 1. The molecule has 6 heteroatoms. The van der Waals surface area contributed by atoms with Crippen LogP contribution >= 0.6 is 7.51 Å². The molecular formula is C13H26NO4P. The zero-order valence-electron chi connectivity index (χ0n) is 12.0. The SMILES string of the molecule is CC1COP2(CN3CCCCCC3)(OCC(C)O2)O1. The molecule has 19 heavy (non-hydrogen) atoms. The van der Waals surface area contributed by atoms with Crippen molar-refractivity contribution in [2.24, 2.45) is 0 Å². The van der Waals surface area contributed by atoms with Gasteiger partial charge in [-0.1, -0.05) is 0 Å². The summed E-state index contributed by atoms with van der Waals surface area (Å²) in [5.74, 6) is 0. The van der Waals surface area contributed by atoms with Crippen LogP contribution in [0.15, 0.2) is 0 Å². The first-order valence-corrected chi connectivity index (χ1v) is 9.61. The van der Waals surface area contributed by atoms with Crippen LogP contribution in [0.5, 0.6) is 0 Å². The molecule has 0 radical (unpaired) electrons. The van der Waals surface area contributed by atoms with Gasteiger partial charge in [0.1, 0.15) is 0 Å². The van der Waals surface area contributed by atoms with E-state index in [1.54, 1.807) is 0 Å². The molecule has 3 heterocycles. The molecule has 0 saturated carbocycles. The molecule has 0 bridgehead atoms. The Bertz CT molecular complexity index is 313. The van der Waals surface area contributed by atoms with Crippen LogP contribution in [-0.4, -0.2) is 49.7 Å². The Morgan fingerprint density at radius 2 is 1.42 bits per heavy atom. The van der Waals surface area contributed by atoms with Gasteiger partial charge in [0.25, 0.3) is 0 Å². The van der Waals surface area contributed by atoms with E-state index < -0.39 is 7.51 Å². The average Bonchev–Trinajstić information content (AvgIpc) is 2.73. The second-order valence-corrected chi connectivity index (χ2v) is 9.21. The standard InChI is InChI=1S/C13H26NO4P/c1-12-9-15-19(17-12,16-10-13(2)18-19)11-14-7-5-3-4-6-8-14/h12-13H,3-11H2,1-2H3. The molecule has 3 saturated heterocycles. The van der Waals surface area contributed by atoms with Gasteiger partial charge in [-0.15, -0.1) is 0 Å². The van der Waals surface area contributed by atoms with Gasteiger partial charge in [0.2, 0.25) is 0 Å². The van der Waals surface area contributed by atoms with E-state index in [0.29, 0.717) is 19.5 Å². The minimum atomic E-state index is -3.31. The first-order valence-electron chi connectivity index (χ1n) is 7.52. The van der Waals surface area contributed by atoms with Gasteiger partial charge in [0, 0.05) is 0 Å². The predicted octanol–water partition coefficient (Wildman–Crippen LogP) is 2.90. The van der Waals surface area contributed by atoms with Crippen LogP contribution in [-0.2, 0) is 18.1 Å². The summed E-state index contributed by atoms with van der Waals surface area (Å²) in [4.78, 5) is 2.42. The molecule has 3 aliphatic heterocycles. The minimum absolute atomic E-state index is 0.0648. The maximum atomic E-state index is 6.13. The van der Waals surface area contributed by atoms with Gasteiger partial charge in [-0.05, 0) is 0 Å². The summed E-state index contributed by atoms with van der Waals surface area (Å²) in [7, 11) is -3.31. The summed E-state index contributed by atoms with van der Waals surface area (Å²) >= 11 is 0. The molecule has 0 aliphatic carbocycles. The van der Waals surface area contributed by atoms with Crippen LogP contribution in [0.1, 0.15) is 39.5 Å². The Kier molecular flexibility index (Phi) is 3.89. The van der Waals surface area contributed by atoms with Crippen LogP contribution < -0.4 is 0 Å². The number of hydrogen-bond donors (Lipinski definition) is 0. The van der Waals surface area contributed by atoms with Crippen molar-refractivity contribution in [1.82, 2.24) is 4.90 Å². The van der Waals surface area contributed by atoms with Crippen molar-refractivity contribution in [3.63, 3.8) is 0 Å². The second-order valence-electron chi connectivity index (χ2n) is 6.06. The molecule has 2 unspecified atom stereocenters. The summed E-state index contributed by atoms with van der Waals surface area (Å²) in [5, 5.41) is 0. The van der Waals surface area contributed by atoms with Crippen molar-refractivity contribution in [1.29, 1.82) is 0 Å². The summed E-state index contributed by atoms with van der Waals surface area (Å²) in [6.07, 6.45) is 5.95. The van der Waals surface area contributed by atoms with Crippen molar-refractivity contribution in [2.75, 3.05) is 32.6 Å². The van der Waals surface area contributed by atoms with Crippen molar-refractivity contribution < 1.29 is 18.1 Å². The van der Waals surface area contributed by atoms with Crippen molar-refractivity contribution in [3.05, 3.63) is 0 Å². The Morgan fingerprint density at radius 1 is 0.895 bits per heavy atom. The van der Waals surface area contributed by atoms with E-state index >= 15 is 0 Å². The van der Waals surface area contributed by atoms with E-state index in [4.69, 9.17) is 18.1 Å². The quantitative estimate of drug-likeness (QED) is 0.732. The summed E-state index contributed by atoms with van der Waals surface area (Å²) < 4.78 is 24.3. The Labute approximate surface area is 115 Å². The molecular weight excluding hydrogens is 265 g/mol. The fourth-order valence-electron chi connectivity index (χ4n) is 3.19. The second kappa shape index (κ2) is 5.21. The number of nitrogens with zero attached hydrogens (tertiary/aromatic N) is 1. The molecule has 0 N–H and O–H groups in total. The molecule has 5 nitrogen and oxygen atoms in total. The van der Waals surface area contributed by atoms with Crippen LogP contribution in [0.25, 0.3) is 0 Å². The van der Waals surface area contributed by atoms with Crippen molar-refractivity contribution in [3.8, 4) is 0 Å². The topological polar surface area (TPSA) is 40.2 Å². The van der Waals surface area contributed by atoms with Gasteiger partial charge in [-0.3, -0.25) is 0 Å².